The van der Waals surface area contributed by atoms with Crippen molar-refractivity contribution in [1.82, 2.24) is 15.2 Å². The quantitative estimate of drug-likeness (QED) is 0.259. The molecule has 0 saturated heterocycles. The molecule has 9 nitrogen and oxygen atoms in total. The summed E-state index contributed by atoms with van der Waals surface area (Å²) < 4.78 is 22.4. The molecule has 5 rings (SSSR count). The Bertz CT molecular complexity index is 1560. The van der Waals surface area contributed by atoms with Crippen molar-refractivity contribution < 1.29 is 23.7 Å². The maximum absolute atomic E-state index is 13.0. The Morgan fingerprint density at radius 1 is 0.929 bits per heavy atom. The molecule has 0 radical (unpaired) electrons. The number of aryl methyl sites for hydroxylation is 1. The number of hydrogen-bond donors (Lipinski definition) is 2. The maximum atomic E-state index is 13.0. The van der Waals surface area contributed by atoms with E-state index in [1.165, 1.54) is 5.56 Å². The minimum Gasteiger partial charge on any atom is -0.497 e. The summed E-state index contributed by atoms with van der Waals surface area (Å²) in [6.45, 7) is 3.89. The van der Waals surface area contributed by atoms with E-state index in [1.54, 1.807) is 28.4 Å². The topological polar surface area (TPSA) is 94.2 Å². The molecule has 9 heteroatoms. The normalized spacial score (nSPS) is 14.6. The van der Waals surface area contributed by atoms with E-state index in [4.69, 9.17) is 18.9 Å². The Balaban J connectivity index is 1.35. The lowest BCUT2D eigenvalue weighted by Gasteiger charge is -2.38. The fourth-order valence-corrected chi connectivity index (χ4v) is 5.75. The van der Waals surface area contributed by atoms with Crippen molar-refractivity contribution in [3.05, 3.63) is 83.0 Å². The summed E-state index contributed by atoms with van der Waals surface area (Å²) in [6.07, 6.45) is 1.57. The molecule has 0 fully saturated rings. The first-order valence-electron chi connectivity index (χ1n) is 14.0. The highest BCUT2D eigenvalue weighted by Gasteiger charge is 2.31. The van der Waals surface area contributed by atoms with Crippen LogP contribution >= 0.6 is 0 Å². The zero-order valence-corrected chi connectivity index (χ0v) is 24.8. The number of rotatable bonds is 10. The van der Waals surface area contributed by atoms with Crippen LogP contribution in [0.15, 0.2) is 60.7 Å². The third-order valence-corrected chi connectivity index (χ3v) is 7.75. The van der Waals surface area contributed by atoms with Gasteiger partial charge in [0.15, 0.2) is 11.5 Å². The van der Waals surface area contributed by atoms with E-state index >= 15 is 0 Å². The number of carbonyl (C=O) groups is 1. The first kappa shape index (κ1) is 29.0. The highest BCUT2D eigenvalue weighted by Crippen LogP contribution is 2.41. The van der Waals surface area contributed by atoms with Gasteiger partial charge in [-0.2, -0.15) is 0 Å². The second kappa shape index (κ2) is 13.0. The summed E-state index contributed by atoms with van der Waals surface area (Å²) in [5.41, 5.74) is 5.90. The van der Waals surface area contributed by atoms with Crippen LogP contribution in [0, 0.1) is 6.92 Å². The van der Waals surface area contributed by atoms with Gasteiger partial charge in [0, 0.05) is 48.4 Å². The van der Waals surface area contributed by atoms with Crippen LogP contribution in [0.25, 0.3) is 10.9 Å². The molecular weight excluding hydrogens is 532 g/mol. The number of carbonyl (C=O) groups excluding carboxylic acids is 1. The molecule has 3 aromatic carbocycles. The summed E-state index contributed by atoms with van der Waals surface area (Å²) in [5.74, 6) is 2.96. The first-order valence-corrected chi connectivity index (χ1v) is 14.0. The van der Waals surface area contributed by atoms with Crippen molar-refractivity contribution in [1.29, 1.82) is 0 Å². The van der Waals surface area contributed by atoms with Gasteiger partial charge in [0.2, 0.25) is 0 Å². The minimum atomic E-state index is -0.248. The molecule has 1 atom stereocenters. The number of para-hydroxylation sites is 1. The summed E-state index contributed by atoms with van der Waals surface area (Å²) in [6, 6.07) is 19.5. The predicted octanol–water partition coefficient (Wildman–Crippen LogP) is 5.54. The number of benzene rings is 3. The predicted molar refractivity (Wildman–Crippen MR) is 164 cm³/mol. The number of aromatic nitrogens is 1. The van der Waals surface area contributed by atoms with Gasteiger partial charge in [0.25, 0.3) is 0 Å². The van der Waals surface area contributed by atoms with Gasteiger partial charge in [-0.25, -0.2) is 4.79 Å². The van der Waals surface area contributed by atoms with Gasteiger partial charge in [-0.1, -0.05) is 24.3 Å². The maximum Gasteiger partial charge on any atom is 0.319 e. The highest BCUT2D eigenvalue weighted by molar-refractivity contribution is 6.00. The average molecular weight is 571 g/mol. The van der Waals surface area contributed by atoms with Gasteiger partial charge in [-0.3, -0.25) is 9.88 Å². The van der Waals surface area contributed by atoms with E-state index < -0.39 is 0 Å². The molecule has 1 aliphatic rings. The number of amides is 2. The van der Waals surface area contributed by atoms with Gasteiger partial charge in [0.05, 0.1) is 39.6 Å². The lowest BCUT2D eigenvalue weighted by Crippen LogP contribution is -2.42. The van der Waals surface area contributed by atoms with E-state index in [0.29, 0.717) is 24.6 Å². The Labute approximate surface area is 246 Å². The van der Waals surface area contributed by atoms with Crippen LogP contribution in [-0.2, 0) is 12.8 Å². The van der Waals surface area contributed by atoms with Gasteiger partial charge < -0.3 is 29.6 Å². The molecular formula is C33H38N4O5. The number of hydrogen-bond acceptors (Lipinski definition) is 7. The number of ether oxygens (including phenoxy) is 4. The molecule has 42 heavy (non-hydrogen) atoms. The first-order chi connectivity index (χ1) is 20.4. The number of nitrogens with one attached hydrogen (secondary N) is 2. The molecule has 0 aliphatic carbocycles. The second-order valence-electron chi connectivity index (χ2n) is 10.3. The summed E-state index contributed by atoms with van der Waals surface area (Å²) in [4.78, 5) is 19.9. The highest BCUT2D eigenvalue weighted by atomic mass is 16.5. The van der Waals surface area contributed by atoms with Crippen LogP contribution in [0.3, 0.4) is 0 Å². The van der Waals surface area contributed by atoms with Crippen LogP contribution in [0.1, 0.15) is 28.4 Å². The number of anilines is 1. The summed E-state index contributed by atoms with van der Waals surface area (Å²) in [7, 11) is 6.64. The van der Waals surface area contributed by atoms with E-state index in [9.17, 15) is 4.79 Å². The van der Waals surface area contributed by atoms with Gasteiger partial charge in [-0.05, 0) is 61.2 Å². The lowest BCUT2D eigenvalue weighted by atomic mass is 9.87. The fourth-order valence-electron chi connectivity index (χ4n) is 5.75. The molecule has 0 saturated carbocycles. The van der Waals surface area contributed by atoms with Crippen LogP contribution < -0.4 is 29.6 Å². The second-order valence-corrected chi connectivity index (χ2v) is 10.3. The molecule has 0 spiro atoms. The molecule has 1 aliphatic heterocycles. The van der Waals surface area contributed by atoms with Crippen LogP contribution in [-0.4, -0.2) is 64.0 Å². The lowest BCUT2D eigenvalue weighted by molar-refractivity contribution is 0.179. The van der Waals surface area contributed by atoms with E-state index in [1.807, 2.05) is 55.5 Å². The molecule has 2 N–H and O–H groups in total. The van der Waals surface area contributed by atoms with Crippen LogP contribution in [0.5, 0.6) is 23.0 Å². The Kier molecular flexibility index (Phi) is 8.97. The van der Waals surface area contributed by atoms with Crippen molar-refractivity contribution in [3.8, 4) is 23.0 Å². The zero-order valence-electron chi connectivity index (χ0n) is 24.8. The van der Waals surface area contributed by atoms with Crippen LogP contribution in [0.4, 0.5) is 10.5 Å². The average Bonchev–Trinajstić information content (AvgIpc) is 3.01. The minimum absolute atomic E-state index is 0.0179. The van der Waals surface area contributed by atoms with Crippen molar-refractivity contribution in [2.45, 2.75) is 25.8 Å². The summed E-state index contributed by atoms with van der Waals surface area (Å²) >= 11 is 0. The smallest absolute Gasteiger partial charge is 0.319 e. The Hall–Kier alpha value is -4.50. The van der Waals surface area contributed by atoms with E-state index in [2.05, 4.69) is 32.7 Å². The third kappa shape index (κ3) is 6.21. The van der Waals surface area contributed by atoms with Gasteiger partial charge in [0.1, 0.15) is 11.5 Å². The van der Waals surface area contributed by atoms with E-state index in [0.717, 1.165) is 64.3 Å². The van der Waals surface area contributed by atoms with Gasteiger partial charge in [-0.15, -0.1) is 0 Å². The van der Waals surface area contributed by atoms with Crippen molar-refractivity contribution in [3.63, 3.8) is 0 Å². The van der Waals surface area contributed by atoms with E-state index in [-0.39, 0.29) is 12.1 Å². The summed E-state index contributed by atoms with van der Waals surface area (Å²) in [5, 5.41) is 6.97. The number of pyridine rings is 1. The van der Waals surface area contributed by atoms with Crippen molar-refractivity contribution >= 4 is 22.6 Å². The molecule has 0 bridgehead atoms. The third-order valence-electron chi connectivity index (χ3n) is 7.75. The monoisotopic (exact) mass is 570 g/mol. The number of nitrogens with zero attached hydrogens (tertiary/aromatic N) is 2. The number of urea groups is 1. The Morgan fingerprint density at radius 2 is 1.71 bits per heavy atom. The molecule has 4 aromatic rings. The molecule has 2 heterocycles. The van der Waals surface area contributed by atoms with Gasteiger partial charge >= 0.3 is 6.03 Å². The Morgan fingerprint density at radius 3 is 2.48 bits per heavy atom. The molecule has 1 unspecified atom stereocenters. The largest absolute Gasteiger partial charge is 0.497 e. The zero-order chi connectivity index (χ0) is 29.6. The number of methoxy groups -OCH3 is 4. The van der Waals surface area contributed by atoms with Crippen molar-refractivity contribution in [2.24, 2.45) is 0 Å². The molecule has 1 aromatic heterocycles. The SMILES string of the molecule is COc1cc2c(c(OC)c1)C(Cc1ccc(OC)c(OC)c1)N(CCNC(=O)Nc1cc(C)nc3ccccc13)CC2. The fraction of sp³-hybridized carbons (Fsp3) is 0.333. The van der Waals surface area contributed by atoms with Crippen molar-refractivity contribution in [2.75, 3.05) is 53.4 Å². The molecule has 220 valence electrons. The standard InChI is InChI=1S/C33H38N4O5/c1-21-16-27(25-8-6-7-9-26(25)35-21)36-33(38)34-13-15-37-14-12-23-19-24(39-2)20-31(42-5)32(23)28(37)17-22-10-11-29(40-3)30(18-22)41-4/h6-11,16,18-20,28H,12-15,17H2,1-5H3,(H2,34,35,36,38). The van der Waals surface area contributed by atoms with Crippen LogP contribution in [0.2, 0.25) is 0 Å². The number of fused-ring (bicyclic) bond motifs is 2. The molecule has 2 amide bonds.